The second-order valence-electron chi connectivity index (χ2n) is 5.40. The number of amides is 1. The maximum absolute atomic E-state index is 12.3. The molecule has 2 aromatic carbocycles. The Hall–Kier alpha value is -1.96. The van der Waals surface area contributed by atoms with E-state index in [2.05, 4.69) is 5.32 Å². The van der Waals surface area contributed by atoms with Crippen molar-refractivity contribution in [2.24, 2.45) is 0 Å². The number of benzene rings is 2. The van der Waals surface area contributed by atoms with Crippen LogP contribution in [-0.2, 0) is 14.8 Å². The lowest BCUT2D eigenvalue weighted by atomic mass is 10.3. The monoisotopic (exact) mass is 416 g/mol. The number of halogens is 2. The summed E-state index contributed by atoms with van der Waals surface area (Å²) < 4.78 is 30.6. The lowest BCUT2D eigenvalue weighted by Crippen LogP contribution is -2.37. The predicted octanol–water partition coefficient (Wildman–Crippen LogP) is 3.80. The first-order valence-electron chi connectivity index (χ1n) is 7.65. The fraction of sp³-hybridized carbons (Fsp3) is 0.235. The largest absolute Gasteiger partial charge is 0.494 e. The van der Waals surface area contributed by atoms with E-state index in [1.54, 1.807) is 24.3 Å². The first-order valence-corrected chi connectivity index (χ1v) is 10.3. The standard InChI is InChI=1S/C17H18Cl2N2O4S/c1-3-25-16-6-4-15(5-7-16)21(26(2,23)24)11-17(22)20-14-9-12(18)8-13(19)10-14/h4-10H,3,11H2,1-2H3,(H,20,22). The molecule has 0 saturated carbocycles. The predicted molar refractivity (Wildman–Crippen MR) is 105 cm³/mol. The van der Waals surface area contributed by atoms with Gasteiger partial charge in [0.05, 0.1) is 18.6 Å². The van der Waals surface area contributed by atoms with E-state index < -0.39 is 22.5 Å². The van der Waals surface area contributed by atoms with E-state index in [0.717, 1.165) is 10.6 Å². The van der Waals surface area contributed by atoms with Crippen molar-refractivity contribution in [1.82, 2.24) is 0 Å². The van der Waals surface area contributed by atoms with Crippen LogP contribution in [0.15, 0.2) is 42.5 Å². The van der Waals surface area contributed by atoms with Gasteiger partial charge in [-0.25, -0.2) is 8.42 Å². The molecule has 0 heterocycles. The SMILES string of the molecule is CCOc1ccc(N(CC(=O)Nc2cc(Cl)cc(Cl)c2)S(C)(=O)=O)cc1. The number of ether oxygens (including phenoxy) is 1. The van der Waals surface area contributed by atoms with Crippen LogP contribution < -0.4 is 14.4 Å². The van der Waals surface area contributed by atoms with Gasteiger partial charge >= 0.3 is 0 Å². The molecule has 2 aromatic rings. The highest BCUT2D eigenvalue weighted by atomic mass is 35.5. The first kappa shape index (κ1) is 20.4. The lowest BCUT2D eigenvalue weighted by Gasteiger charge is -2.22. The van der Waals surface area contributed by atoms with Crippen LogP contribution in [0.5, 0.6) is 5.75 Å². The number of sulfonamides is 1. The second kappa shape index (κ2) is 8.62. The van der Waals surface area contributed by atoms with Crippen molar-refractivity contribution < 1.29 is 17.9 Å². The van der Waals surface area contributed by atoms with Gasteiger partial charge in [0.15, 0.2) is 0 Å². The summed E-state index contributed by atoms with van der Waals surface area (Å²) in [5, 5.41) is 3.31. The molecule has 0 fully saturated rings. The molecule has 0 aliphatic rings. The van der Waals surface area contributed by atoms with Crippen LogP contribution in [0.3, 0.4) is 0 Å². The molecule has 140 valence electrons. The Bertz CT molecular complexity index is 866. The van der Waals surface area contributed by atoms with Crippen LogP contribution in [0.25, 0.3) is 0 Å². The van der Waals surface area contributed by atoms with Gasteiger partial charge in [-0.05, 0) is 49.4 Å². The Labute approximate surface area is 162 Å². The minimum Gasteiger partial charge on any atom is -0.494 e. The molecule has 0 aliphatic carbocycles. The zero-order valence-corrected chi connectivity index (χ0v) is 16.5. The molecule has 1 N–H and O–H groups in total. The van der Waals surface area contributed by atoms with Gasteiger partial charge in [0, 0.05) is 15.7 Å². The van der Waals surface area contributed by atoms with Gasteiger partial charge in [0.2, 0.25) is 15.9 Å². The number of anilines is 2. The maximum atomic E-state index is 12.3. The smallest absolute Gasteiger partial charge is 0.245 e. The number of nitrogens with zero attached hydrogens (tertiary/aromatic N) is 1. The van der Waals surface area contributed by atoms with Gasteiger partial charge in [0.1, 0.15) is 12.3 Å². The Morgan fingerprint density at radius 1 is 1.12 bits per heavy atom. The third kappa shape index (κ3) is 5.79. The summed E-state index contributed by atoms with van der Waals surface area (Å²) in [5.74, 6) is 0.0883. The summed E-state index contributed by atoms with van der Waals surface area (Å²) in [7, 11) is -3.67. The van der Waals surface area contributed by atoms with Crippen LogP contribution in [0.2, 0.25) is 10.0 Å². The lowest BCUT2D eigenvalue weighted by molar-refractivity contribution is -0.114. The highest BCUT2D eigenvalue weighted by Gasteiger charge is 2.21. The van der Waals surface area contributed by atoms with E-state index in [-0.39, 0.29) is 0 Å². The van der Waals surface area contributed by atoms with Crippen molar-refractivity contribution in [3.05, 3.63) is 52.5 Å². The summed E-state index contributed by atoms with van der Waals surface area (Å²) in [4.78, 5) is 12.3. The molecule has 9 heteroatoms. The van der Waals surface area contributed by atoms with Crippen LogP contribution in [0.1, 0.15) is 6.92 Å². The molecule has 0 radical (unpaired) electrons. The number of hydrogen-bond acceptors (Lipinski definition) is 4. The summed E-state index contributed by atoms with van der Waals surface area (Å²) >= 11 is 11.8. The van der Waals surface area contributed by atoms with Crippen molar-refractivity contribution >= 4 is 50.5 Å². The average molecular weight is 417 g/mol. The van der Waals surface area contributed by atoms with Crippen LogP contribution in [0, 0.1) is 0 Å². The number of rotatable bonds is 7. The second-order valence-corrected chi connectivity index (χ2v) is 8.18. The Morgan fingerprint density at radius 2 is 1.69 bits per heavy atom. The zero-order valence-electron chi connectivity index (χ0n) is 14.2. The molecular weight excluding hydrogens is 399 g/mol. The summed E-state index contributed by atoms with van der Waals surface area (Å²) in [6.45, 7) is 1.96. The number of hydrogen-bond donors (Lipinski definition) is 1. The number of carbonyl (C=O) groups excluding carboxylic acids is 1. The molecular formula is C17H18Cl2N2O4S. The van der Waals surface area contributed by atoms with E-state index in [1.807, 2.05) is 6.92 Å². The molecule has 0 aromatic heterocycles. The quantitative estimate of drug-likeness (QED) is 0.744. The van der Waals surface area contributed by atoms with E-state index >= 15 is 0 Å². The Kier molecular flexibility index (Phi) is 6.75. The molecule has 1 amide bonds. The summed E-state index contributed by atoms with van der Waals surface area (Å²) in [6.07, 6.45) is 1.03. The van der Waals surface area contributed by atoms with Crippen molar-refractivity contribution in [3.8, 4) is 5.75 Å². The third-order valence-corrected chi connectivity index (χ3v) is 4.85. The topological polar surface area (TPSA) is 75.7 Å². The molecule has 0 atom stereocenters. The van der Waals surface area contributed by atoms with E-state index in [0.29, 0.717) is 33.8 Å². The van der Waals surface area contributed by atoms with Crippen molar-refractivity contribution in [3.63, 3.8) is 0 Å². The van der Waals surface area contributed by atoms with Gasteiger partial charge < -0.3 is 10.1 Å². The summed E-state index contributed by atoms with van der Waals surface area (Å²) in [6, 6.07) is 11.0. The minimum absolute atomic E-state index is 0.357. The van der Waals surface area contributed by atoms with Gasteiger partial charge in [0.25, 0.3) is 0 Å². The fourth-order valence-corrected chi connectivity index (χ4v) is 3.61. The molecule has 6 nitrogen and oxygen atoms in total. The van der Waals surface area contributed by atoms with Crippen molar-refractivity contribution in [2.75, 3.05) is 29.0 Å². The molecule has 0 aliphatic heterocycles. The van der Waals surface area contributed by atoms with Gasteiger partial charge in [-0.2, -0.15) is 0 Å². The van der Waals surface area contributed by atoms with Gasteiger partial charge in [-0.15, -0.1) is 0 Å². The van der Waals surface area contributed by atoms with Crippen LogP contribution >= 0.6 is 23.2 Å². The van der Waals surface area contributed by atoms with Crippen LogP contribution in [-0.4, -0.2) is 33.7 Å². The zero-order chi connectivity index (χ0) is 19.3. The van der Waals surface area contributed by atoms with Crippen LogP contribution in [0.4, 0.5) is 11.4 Å². The molecule has 0 unspecified atom stereocenters. The Morgan fingerprint density at radius 3 is 2.19 bits per heavy atom. The molecule has 0 spiro atoms. The van der Waals surface area contributed by atoms with Crippen molar-refractivity contribution in [2.45, 2.75) is 6.92 Å². The molecule has 26 heavy (non-hydrogen) atoms. The van der Waals surface area contributed by atoms with E-state index in [9.17, 15) is 13.2 Å². The highest BCUT2D eigenvalue weighted by Crippen LogP contribution is 2.24. The fourth-order valence-electron chi connectivity index (χ4n) is 2.23. The van der Waals surface area contributed by atoms with E-state index in [1.165, 1.54) is 18.2 Å². The van der Waals surface area contributed by atoms with E-state index in [4.69, 9.17) is 27.9 Å². The highest BCUT2D eigenvalue weighted by molar-refractivity contribution is 7.92. The average Bonchev–Trinajstić information content (AvgIpc) is 2.52. The molecule has 0 bridgehead atoms. The van der Waals surface area contributed by atoms with Gasteiger partial charge in [-0.1, -0.05) is 23.2 Å². The third-order valence-electron chi connectivity index (χ3n) is 3.27. The molecule has 2 rings (SSSR count). The summed E-state index contributed by atoms with van der Waals surface area (Å²) in [5.41, 5.74) is 0.739. The van der Waals surface area contributed by atoms with Gasteiger partial charge in [-0.3, -0.25) is 9.10 Å². The normalized spacial score (nSPS) is 11.1. The number of nitrogens with one attached hydrogen (secondary N) is 1. The van der Waals surface area contributed by atoms with Crippen molar-refractivity contribution in [1.29, 1.82) is 0 Å². The number of carbonyl (C=O) groups is 1. The minimum atomic E-state index is -3.67. The molecule has 0 saturated heterocycles. The first-order chi connectivity index (χ1) is 12.2. The maximum Gasteiger partial charge on any atom is 0.245 e. The Balaban J connectivity index is 2.18.